The van der Waals surface area contributed by atoms with E-state index in [2.05, 4.69) is 26.8 Å². The summed E-state index contributed by atoms with van der Waals surface area (Å²) in [7, 11) is 0. The molecular weight excluding hydrogens is 148 g/mol. The van der Waals surface area contributed by atoms with E-state index in [9.17, 15) is 5.11 Å². The van der Waals surface area contributed by atoms with Crippen molar-refractivity contribution in [2.45, 2.75) is 46.1 Å². The third kappa shape index (κ3) is 2.10. The number of rotatable bonds is 1. The summed E-state index contributed by atoms with van der Waals surface area (Å²) in [5.41, 5.74) is 1.36. The maximum absolute atomic E-state index is 9.80. The quantitative estimate of drug-likeness (QED) is 0.597. The maximum Gasteiger partial charge on any atom is 0.0607 e. The van der Waals surface area contributed by atoms with Gasteiger partial charge in [-0.1, -0.05) is 18.6 Å². The van der Waals surface area contributed by atoms with Crippen LogP contribution in [0.5, 0.6) is 0 Å². The fourth-order valence-corrected chi connectivity index (χ4v) is 2.10. The molecule has 12 heavy (non-hydrogen) atoms. The summed E-state index contributed by atoms with van der Waals surface area (Å²) < 4.78 is 0. The number of allylic oxidation sites excluding steroid dienone is 1. The predicted molar refractivity (Wildman–Crippen MR) is 51.9 cm³/mol. The van der Waals surface area contributed by atoms with Crippen molar-refractivity contribution in [2.24, 2.45) is 11.8 Å². The Morgan fingerprint density at radius 2 is 2.08 bits per heavy atom. The summed E-state index contributed by atoms with van der Waals surface area (Å²) in [5, 5.41) is 9.80. The third-order valence-corrected chi connectivity index (χ3v) is 3.12. The van der Waals surface area contributed by atoms with Crippen molar-refractivity contribution < 1.29 is 5.11 Å². The zero-order valence-corrected chi connectivity index (χ0v) is 8.38. The number of hydrogen-bond acceptors (Lipinski definition) is 1. The molecule has 0 saturated heterocycles. The van der Waals surface area contributed by atoms with Crippen molar-refractivity contribution in [3.05, 3.63) is 11.6 Å². The van der Waals surface area contributed by atoms with E-state index < -0.39 is 0 Å². The molecule has 0 unspecified atom stereocenters. The molecule has 1 aliphatic carbocycles. The van der Waals surface area contributed by atoms with Crippen molar-refractivity contribution in [1.82, 2.24) is 0 Å². The Balaban J connectivity index is 2.56. The van der Waals surface area contributed by atoms with Gasteiger partial charge in [0.1, 0.15) is 0 Å². The van der Waals surface area contributed by atoms with E-state index >= 15 is 0 Å². The molecule has 1 aliphatic rings. The van der Waals surface area contributed by atoms with Crippen molar-refractivity contribution >= 4 is 0 Å². The van der Waals surface area contributed by atoms with Gasteiger partial charge in [0.15, 0.2) is 0 Å². The number of hydrogen-bond donors (Lipinski definition) is 1. The molecule has 1 heteroatoms. The number of aliphatic hydroxyl groups excluding tert-OH is 1. The molecule has 0 heterocycles. The summed E-state index contributed by atoms with van der Waals surface area (Å²) in [5.74, 6) is 1.15. The van der Waals surface area contributed by atoms with Crippen LogP contribution in [0.1, 0.15) is 40.0 Å². The predicted octanol–water partition coefficient (Wildman–Crippen LogP) is 2.75. The molecule has 1 fully saturated rings. The summed E-state index contributed by atoms with van der Waals surface area (Å²) in [6.45, 7) is 6.41. The summed E-state index contributed by atoms with van der Waals surface area (Å²) >= 11 is 0. The molecule has 70 valence electrons. The highest BCUT2D eigenvalue weighted by Crippen LogP contribution is 2.32. The molecule has 1 rings (SSSR count). The van der Waals surface area contributed by atoms with Crippen molar-refractivity contribution in [2.75, 3.05) is 0 Å². The Bertz CT molecular complexity index is 172. The van der Waals surface area contributed by atoms with Crippen LogP contribution in [0.2, 0.25) is 0 Å². The monoisotopic (exact) mass is 168 g/mol. The second-order valence-electron chi connectivity index (χ2n) is 4.12. The van der Waals surface area contributed by atoms with Gasteiger partial charge in [-0.25, -0.2) is 0 Å². The Hall–Kier alpha value is -0.300. The van der Waals surface area contributed by atoms with Crippen LogP contribution in [0.4, 0.5) is 0 Å². The third-order valence-electron chi connectivity index (χ3n) is 3.12. The molecule has 0 amide bonds. The Kier molecular flexibility index (Phi) is 3.33. The van der Waals surface area contributed by atoms with E-state index in [-0.39, 0.29) is 6.10 Å². The van der Waals surface area contributed by atoms with Gasteiger partial charge in [0, 0.05) is 5.92 Å². The smallest absolute Gasteiger partial charge is 0.0607 e. The minimum Gasteiger partial charge on any atom is -0.392 e. The Morgan fingerprint density at radius 3 is 2.58 bits per heavy atom. The van der Waals surface area contributed by atoms with E-state index in [1.54, 1.807) is 0 Å². The van der Waals surface area contributed by atoms with Crippen LogP contribution in [0.25, 0.3) is 0 Å². The standard InChI is InChI=1S/C11H20O/c1-4-9(3)10-6-5-8(2)7-11(10)12/h4,8,10-12H,5-7H2,1-3H3/b9-4-/t8-,10+,11-/m1/s1. The first-order valence-electron chi connectivity index (χ1n) is 4.96. The molecule has 1 saturated carbocycles. The molecule has 1 N–H and O–H groups in total. The lowest BCUT2D eigenvalue weighted by atomic mass is 9.77. The van der Waals surface area contributed by atoms with Crippen molar-refractivity contribution in [3.8, 4) is 0 Å². The minimum atomic E-state index is -0.0926. The Morgan fingerprint density at radius 1 is 1.42 bits per heavy atom. The van der Waals surface area contributed by atoms with Crippen LogP contribution in [0.15, 0.2) is 11.6 Å². The number of aliphatic hydroxyl groups is 1. The lowest BCUT2D eigenvalue weighted by Gasteiger charge is -2.32. The fraction of sp³-hybridized carbons (Fsp3) is 0.818. The van der Waals surface area contributed by atoms with Crippen LogP contribution in [-0.4, -0.2) is 11.2 Å². The SMILES string of the molecule is C/C=C(/C)[C@@H]1CC[C@@H](C)C[C@H]1O. The summed E-state index contributed by atoms with van der Waals surface area (Å²) in [6.07, 6.45) is 5.45. The van der Waals surface area contributed by atoms with Crippen LogP contribution in [0, 0.1) is 11.8 Å². The average molecular weight is 168 g/mol. The van der Waals surface area contributed by atoms with E-state index in [1.165, 1.54) is 18.4 Å². The molecule has 1 nitrogen and oxygen atoms in total. The first-order valence-corrected chi connectivity index (χ1v) is 4.96. The van der Waals surface area contributed by atoms with E-state index in [0.717, 1.165) is 6.42 Å². The van der Waals surface area contributed by atoms with Crippen LogP contribution in [0.3, 0.4) is 0 Å². The van der Waals surface area contributed by atoms with Crippen molar-refractivity contribution in [1.29, 1.82) is 0 Å². The van der Waals surface area contributed by atoms with Crippen LogP contribution in [-0.2, 0) is 0 Å². The molecule has 0 radical (unpaired) electrons. The highest BCUT2D eigenvalue weighted by Gasteiger charge is 2.27. The minimum absolute atomic E-state index is 0.0926. The average Bonchev–Trinajstić information content (AvgIpc) is 2.03. The molecule has 0 aromatic heterocycles. The van der Waals surface area contributed by atoms with Gasteiger partial charge in [0.05, 0.1) is 6.10 Å². The lowest BCUT2D eigenvalue weighted by molar-refractivity contribution is 0.0654. The van der Waals surface area contributed by atoms with E-state index in [4.69, 9.17) is 0 Å². The van der Waals surface area contributed by atoms with Gasteiger partial charge in [-0.15, -0.1) is 0 Å². The largest absolute Gasteiger partial charge is 0.392 e. The first-order chi connectivity index (χ1) is 5.65. The van der Waals surface area contributed by atoms with Gasteiger partial charge in [-0.3, -0.25) is 0 Å². The molecule has 0 aliphatic heterocycles. The van der Waals surface area contributed by atoms with Gasteiger partial charge in [0.25, 0.3) is 0 Å². The van der Waals surface area contributed by atoms with Crippen molar-refractivity contribution in [3.63, 3.8) is 0 Å². The van der Waals surface area contributed by atoms with Gasteiger partial charge >= 0.3 is 0 Å². The van der Waals surface area contributed by atoms with Gasteiger partial charge in [-0.2, -0.15) is 0 Å². The van der Waals surface area contributed by atoms with Gasteiger partial charge < -0.3 is 5.11 Å². The molecule has 0 spiro atoms. The van der Waals surface area contributed by atoms with E-state index in [0.29, 0.717) is 11.8 Å². The molecular formula is C11H20O. The van der Waals surface area contributed by atoms with Gasteiger partial charge in [0.2, 0.25) is 0 Å². The Labute approximate surface area is 75.5 Å². The van der Waals surface area contributed by atoms with Gasteiger partial charge in [-0.05, 0) is 39.0 Å². The maximum atomic E-state index is 9.80. The lowest BCUT2D eigenvalue weighted by Crippen LogP contribution is -2.29. The van der Waals surface area contributed by atoms with Crippen LogP contribution < -0.4 is 0 Å². The summed E-state index contributed by atoms with van der Waals surface area (Å²) in [4.78, 5) is 0. The van der Waals surface area contributed by atoms with Crippen LogP contribution >= 0.6 is 0 Å². The summed E-state index contributed by atoms with van der Waals surface area (Å²) in [6, 6.07) is 0. The zero-order chi connectivity index (χ0) is 9.14. The molecule has 0 bridgehead atoms. The fourth-order valence-electron chi connectivity index (χ4n) is 2.10. The molecule has 3 atom stereocenters. The highest BCUT2D eigenvalue weighted by atomic mass is 16.3. The zero-order valence-electron chi connectivity index (χ0n) is 8.38. The second-order valence-corrected chi connectivity index (χ2v) is 4.12. The first kappa shape index (κ1) is 9.79. The normalized spacial score (nSPS) is 38.3. The topological polar surface area (TPSA) is 20.2 Å². The molecule has 0 aromatic rings. The highest BCUT2D eigenvalue weighted by molar-refractivity contribution is 5.05. The van der Waals surface area contributed by atoms with E-state index in [1.807, 2.05) is 0 Å². The molecule has 0 aromatic carbocycles. The second kappa shape index (κ2) is 4.08.